The molecule has 0 aromatic heterocycles. The molecule has 0 heterocycles. The van der Waals surface area contributed by atoms with E-state index in [1.54, 1.807) is 6.29 Å². The van der Waals surface area contributed by atoms with Crippen molar-refractivity contribution in [1.82, 2.24) is 16.0 Å². The molecular formula is C12H25N8O2. The molecule has 0 spiro atoms. The summed E-state index contributed by atoms with van der Waals surface area (Å²) in [6.07, 6.45) is 3.67. The quantitative estimate of drug-likeness (QED) is 0.116. The van der Waals surface area contributed by atoms with Gasteiger partial charge in [-0.25, -0.2) is 0 Å². The van der Waals surface area contributed by atoms with Crippen LogP contribution in [0.1, 0.15) is 25.7 Å². The third-order valence-corrected chi connectivity index (χ3v) is 2.79. The Hall–Kier alpha value is -2.36. The van der Waals surface area contributed by atoms with Crippen LogP contribution in [0.2, 0.25) is 0 Å². The van der Waals surface area contributed by atoms with Crippen molar-refractivity contribution in [2.75, 3.05) is 13.1 Å². The number of guanidine groups is 2. The zero-order chi connectivity index (χ0) is 17.0. The summed E-state index contributed by atoms with van der Waals surface area (Å²) in [7, 11) is 0. The predicted molar refractivity (Wildman–Crippen MR) is 83.9 cm³/mol. The lowest BCUT2D eigenvalue weighted by Gasteiger charge is -2.16. The molecule has 125 valence electrons. The molecule has 0 fully saturated rings. The number of carbonyl (C=O) groups is 1. The van der Waals surface area contributed by atoms with Crippen LogP contribution in [0.15, 0.2) is 0 Å². The molecule has 0 bridgehead atoms. The highest BCUT2D eigenvalue weighted by molar-refractivity contribution is 5.84. The highest BCUT2D eigenvalue weighted by atomic mass is 16.2. The number of carbonyl (C=O) groups excluding carboxylic acids is 2. The SMILES string of the molecule is N=C(N)NCCCC([C]=O)NC(=O)C(N)CCCNC(=N)N. The summed E-state index contributed by atoms with van der Waals surface area (Å²) < 4.78 is 0. The van der Waals surface area contributed by atoms with E-state index in [1.165, 1.54) is 0 Å². The molecule has 22 heavy (non-hydrogen) atoms. The summed E-state index contributed by atoms with van der Waals surface area (Å²) in [5.74, 6) is -0.694. The van der Waals surface area contributed by atoms with Crippen molar-refractivity contribution in [3.05, 3.63) is 0 Å². The number of hydrogen-bond acceptors (Lipinski definition) is 5. The second kappa shape index (κ2) is 11.3. The lowest BCUT2D eigenvalue weighted by atomic mass is 10.1. The Kier molecular flexibility index (Phi) is 10.1. The Bertz CT molecular complexity index is 387. The largest absolute Gasteiger partial charge is 0.370 e. The number of hydrogen-bond donors (Lipinski definition) is 8. The lowest BCUT2D eigenvalue weighted by molar-refractivity contribution is -0.122. The van der Waals surface area contributed by atoms with E-state index in [-0.39, 0.29) is 11.9 Å². The van der Waals surface area contributed by atoms with E-state index < -0.39 is 18.0 Å². The van der Waals surface area contributed by atoms with Gasteiger partial charge in [-0.15, -0.1) is 0 Å². The first-order valence-corrected chi connectivity index (χ1v) is 6.96. The normalized spacial score (nSPS) is 12.8. The summed E-state index contributed by atoms with van der Waals surface area (Å²) in [6.45, 7) is 0.891. The Labute approximate surface area is 129 Å². The minimum absolute atomic E-state index is 0.132. The van der Waals surface area contributed by atoms with Crippen molar-refractivity contribution < 1.29 is 9.59 Å². The molecule has 0 saturated carbocycles. The summed E-state index contributed by atoms with van der Waals surface area (Å²) in [5, 5.41) is 21.7. The molecule has 0 aliphatic heterocycles. The summed E-state index contributed by atoms with van der Waals surface area (Å²) in [6, 6.07) is -1.47. The highest BCUT2D eigenvalue weighted by Gasteiger charge is 2.17. The van der Waals surface area contributed by atoms with E-state index in [9.17, 15) is 9.59 Å². The Morgan fingerprint density at radius 1 is 1.05 bits per heavy atom. The van der Waals surface area contributed by atoms with E-state index >= 15 is 0 Å². The smallest absolute Gasteiger partial charge is 0.237 e. The van der Waals surface area contributed by atoms with E-state index in [4.69, 9.17) is 28.0 Å². The fourth-order valence-corrected chi connectivity index (χ4v) is 1.64. The number of rotatable bonds is 11. The van der Waals surface area contributed by atoms with Gasteiger partial charge >= 0.3 is 0 Å². The fraction of sp³-hybridized carbons (Fsp3) is 0.667. The van der Waals surface area contributed by atoms with Crippen LogP contribution in [0.5, 0.6) is 0 Å². The molecule has 1 radical (unpaired) electrons. The summed E-state index contributed by atoms with van der Waals surface area (Å²) in [4.78, 5) is 22.6. The topological polar surface area (TPSA) is 196 Å². The van der Waals surface area contributed by atoms with Gasteiger partial charge in [-0.3, -0.25) is 20.4 Å². The van der Waals surface area contributed by atoms with E-state index in [1.807, 2.05) is 0 Å². The molecule has 0 aliphatic carbocycles. The maximum atomic E-state index is 11.8. The van der Waals surface area contributed by atoms with Gasteiger partial charge in [0.15, 0.2) is 11.9 Å². The van der Waals surface area contributed by atoms with Crippen molar-refractivity contribution in [3.63, 3.8) is 0 Å². The Morgan fingerprint density at radius 2 is 1.55 bits per heavy atom. The van der Waals surface area contributed by atoms with E-state index in [0.29, 0.717) is 38.8 Å². The van der Waals surface area contributed by atoms with E-state index in [0.717, 1.165) is 0 Å². The maximum Gasteiger partial charge on any atom is 0.237 e. The van der Waals surface area contributed by atoms with Crippen LogP contribution in [-0.4, -0.2) is 49.3 Å². The van der Waals surface area contributed by atoms with Crippen LogP contribution < -0.4 is 33.2 Å². The molecule has 0 rings (SSSR count). The van der Waals surface area contributed by atoms with Gasteiger partial charge in [0.25, 0.3) is 0 Å². The number of nitrogens with one attached hydrogen (secondary N) is 5. The maximum absolute atomic E-state index is 11.8. The van der Waals surface area contributed by atoms with Gasteiger partial charge in [0.2, 0.25) is 12.2 Å². The van der Waals surface area contributed by atoms with Crippen molar-refractivity contribution in [2.45, 2.75) is 37.8 Å². The van der Waals surface area contributed by atoms with Crippen LogP contribution >= 0.6 is 0 Å². The van der Waals surface area contributed by atoms with Crippen LogP contribution in [0.25, 0.3) is 0 Å². The van der Waals surface area contributed by atoms with Gasteiger partial charge in [-0.05, 0) is 25.7 Å². The van der Waals surface area contributed by atoms with Crippen molar-refractivity contribution in [1.29, 1.82) is 10.8 Å². The molecule has 2 unspecified atom stereocenters. The van der Waals surface area contributed by atoms with Crippen LogP contribution in [0.4, 0.5) is 0 Å². The third kappa shape index (κ3) is 10.4. The van der Waals surface area contributed by atoms with Crippen molar-refractivity contribution in [3.8, 4) is 0 Å². The average molecular weight is 313 g/mol. The molecule has 10 nitrogen and oxygen atoms in total. The number of nitrogens with two attached hydrogens (primary N) is 3. The van der Waals surface area contributed by atoms with E-state index in [2.05, 4.69) is 16.0 Å². The Balaban J connectivity index is 3.94. The molecular weight excluding hydrogens is 288 g/mol. The molecule has 11 N–H and O–H groups in total. The zero-order valence-electron chi connectivity index (χ0n) is 12.4. The lowest BCUT2D eigenvalue weighted by Crippen LogP contribution is -2.46. The van der Waals surface area contributed by atoms with Gasteiger partial charge in [-0.2, -0.15) is 0 Å². The summed E-state index contributed by atoms with van der Waals surface area (Å²) in [5.41, 5.74) is 16.0. The van der Waals surface area contributed by atoms with Gasteiger partial charge in [-0.1, -0.05) is 0 Å². The van der Waals surface area contributed by atoms with Crippen molar-refractivity contribution in [2.24, 2.45) is 17.2 Å². The van der Waals surface area contributed by atoms with Gasteiger partial charge in [0.1, 0.15) is 0 Å². The molecule has 0 aromatic carbocycles. The second-order valence-corrected chi connectivity index (χ2v) is 4.75. The molecule has 1 amide bonds. The standard InChI is InChI=1S/C12H25N8O2/c13-9(4-2-6-19-12(16)17)10(22)20-8(7-21)3-1-5-18-11(14)15/h8-9H,1-6,13H2,(H,20,22)(H4,14,15,18)(H4,16,17,19). The number of amides is 1. The monoisotopic (exact) mass is 313 g/mol. The highest BCUT2D eigenvalue weighted by Crippen LogP contribution is 1.98. The predicted octanol–water partition coefficient (Wildman–Crippen LogP) is -2.57. The minimum Gasteiger partial charge on any atom is -0.370 e. The van der Waals surface area contributed by atoms with Gasteiger partial charge in [0.05, 0.1) is 12.1 Å². The second-order valence-electron chi connectivity index (χ2n) is 4.75. The molecule has 0 aliphatic rings. The first-order chi connectivity index (χ1) is 10.4. The van der Waals surface area contributed by atoms with Crippen molar-refractivity contribution >= 4 is 24.1 Å². The molecule has 0 saturated heterocycles. The first-order valence-electron chi connectivity index (χ1n) is 6.96. The molecule has 10 heteroatoms. The van der Waals surface area contributed by atoms with Gasteiger partial charge < -0.3 is 33.2 Å². The molecule has 0 aromatic rings. The summed E-state index contributed by atoms with van der Waals surface area (Å²) >= 11 is 0. The fourth-order valence-electron chi connectivity index (χ4n) is 1.64. The third-order valence-electron chi connectivity index (χ3n) is 2.79. The van der Waals surface area contributed by atoms with Crippen LogP contribution in [-0.2, 0) is 9.59 Å². The van der Waals surface area contributed by atoms with Crippen LogP contribution in [0, 0.1) is 10.8 Å². The minimum atomic E-state index is -0.736. The van der Waals surface area contributed by atoms with Gasteiger partial charge in [0, 0.05) is 13.1 Å². The Morgan fingerprint density at radius 3 is 2.00 bits per heavy atom. The van der Waals surface area contributed by atoms with Crippen LogP contribution in [0.3, 0.4) is 0 Å². The molecule has 2 atom stereocenters. The first kappa shape index (κ1) is 19.6. The average Bonchev–Trinajstić information content (AvgIpc) is 2.45. The zero-order valence-corrected chi connectivity index (χ0v) is 12.4.